The van der Waals surface area contributed by atoms with Crippen molar-refractivity contribution < 1.29 is 24.0 Å². The van der Waals surface area contributed by atoms with Crippen LogP contribution in [0.3, 0.4) is 0 Å². The average Bonchev–Trinajstić information content (AvgIpc) is 2.59. The van der Waals surface area contributed by atoms with Crippen LogP contribution in [0.1, 0.15) is 0 Å². The number of alkyl halides is 1. The van der Waals surface area contributed by atoms with E-state index in [4.69, 9.17) is 0 Å². The van der Waals surface area contributed by atoms with Gasteiger partial charge in [0.25, 0.3) is 0 Å². The summed E-state index contributed by atoms with van der Waals surface area (Å²) in [5.74, 6) is 0. The molecule has 0 saturated heterocycles. The van der Waals surface area contributed by atoms with Crippen molar-refractivity contribution in [2.24, 2.45) is 0 Å². The van der Waals surface area contributed by atoms with Gasteiger partial charge in [-0.2, -0.15) is 0 Å². The molecule has 0 aliphatic carbocycles. The molecule has 0 heterocycles. The molecule has 112 valence electrons. The molecule has 0 nitrogen and oxygen atoms in total. The Balaban J connectivity index is 0.00000176. The van der Waals surface area contributed by atoms with Gasteiger partial charge in [-0.25, -0.2) is 0 Å². The fourth-order valence-corrected chi connectivity index (χ4v) is 15.9. The number of hydrogen-bond donors (Lipinski definition) is 0. The third kappa shape index (κ3) is 3.44. The molecular formula is C19H17AsI2. The molecule has 0 bridgehead atoms. The zero-order valence-corrected chi connectivity index (χ0v) is 18.3. The van der Waals surface area contributed by atoms with E-state index < -0.39 is 13.6 Å². The molecule has 0 unspecified atom stereocenters. The van der Waals surface area contributed by atoms with Gasteiger partial charge in [0, 0.05) is 0 Å². The van der Waals surface area contributed by atoms with Crippen molar-refractivity contribution in [3.05, 3.63) is 91.0 Å². The molecule has 0 fully saturated rings. The van der Waals surface area contributed by atoms with Gasteiger partial charge in [-0.3, -0.25) is 0 Å². The molecule has 0 radical (unpaired) electrons. The monoisotopic (exact) mass is 574 g/mol. The fourth-order valence-electron chi connectivity index (χ4n) is 2.70. The van der Waals surface area contributed by atoms with Crippen molar-refractivity contribution in [2.75, 3.05) is 3.22 Å². The van der Waals surface area contributed by atoms with Crippen molar-refractivity contribution in [1.29, 1.82) is 0 Å². The van der Waals surface area contributed by atoms with E-state index in [2.05, 4.69) is 114 Å². The first-order valence-corrected chi connectivity index (χ1v) is 12.7. The van der Waals surface area contributed by atoms with E-state index in [0.717, 1.165) is 0 Å². The van der Waals surface area contributed by atoms with Crippen LogP contribution in [0.2, 0.25) is 0 Å². The average molecular weight is 574 g/mol. The van der Waals surface area contributed by atoms with Crippen molar-refractivity contribution >= 4 is 49.2 Å². The molecule has 0 aromatic heterocycles. The molecule has 0 atom stereocenters. The molecule has 0 aliphatic rings. The van der Waals surface area contributed by atoms with E-state index in [1.54, 1.807) is 0 Å². The van der Waals surface area contributed by atoms with E-state index >= 15 is 0 Å². The zero-order chi connectivity index (χ0) is 14.5. The van der Waals surface area contributed by atoms with E-state index in [9.17, 15) is 0 Å². The van der Waals surface area contributed by atoms with Crippen LogP contribution in [0.15, 0.2) is 91.0 Å². The first-order valence-electron chi connectivity index (χ1n) is 6.99. The van der Waals surface area contributed by atoms with E-state index in [0.29, 0.717) is 0 Å². The quantitative estimate of drug-likeness (QED) is 0.237. The summed E-state index contributed by atoms with van der Waals surface area (Å²) in [6, 6.07) is 33.2. The minimum absolute atomic E-state index is 0. The van der Waals surface area contributed by atoms with Crippen LogP contribution in [-0.2, 0) is 0 Å². The van der Waals surface area contributed by atoms with Crippen LogP contribution in [0.4, 0.5) is 0 Å². The first-order chi connectivity index (χ1) is 10.4. The summed E-state index contributed by atoms with van der Waals surface area (Å²) in [4.78, 5) is 0. The largest absolute Gasteiger partial charge is 1.00 e. The van der Waals surface area contributed by atoms with E-state index in [1.807, 2.05) is 0 Å². The normalized spacial score (nSPS) is 10.8. The van der Waals surface area contributed by atoms with Crippen molar-refractivity contribution in [2.45, 2.75) is 0 Å². The summed E-state index contributed by atoms with van der Waals surface area (Å²) in [6.45, 7) is 0. The van der Waals surface area contributed by atoms with Gasteiger partial charge >= 0.3 is 143 Å². The van der Waals surface area contributed by atoms with Crippen LogP contribution in [0, 0.1) is 0 Å². The standard InChI is InChI=1S/C19H17AsI.HI/c21-16-20(17-10-4-1-5-11-17,18-12-6-2-7-13-18)19-14-8-3-9-15-19;/h1-15H,16H2;1H/q+1;/p-1. The fraction of sp³-hybridized carbons (Fsp3) is 0.0526. The van der Waals surface area contributed by atoms with Gasteiger partial charge in [-0.05, 0) is 0 Å². The molecule has 3 rings (SSSR count). The van der Waals surface area contributed by atoms with Crippen LogP contribution < -0.4 is 37.0 Å². The first kappa shape index (κ1) is 18.0. The van der Waals surface area contributed by atoms with Crippen LogP contribution in [-0.4, -0.2) is 16.8 Å². The molecule has 3 aromatic rings. The second-order valence-corrected chi connectivity index (χ2v) is 15.6. The van der Waals surface area contributed by atoms with Crippen LogP contribution in [0.5, 0.6) is 0 Å². The third-order valence-corrected chi connectivity index (χ3v) is 17.3. The van der Waals surface area contributed by atoms with Gasteiger partial charge < -0.3 is 24.0 Å². The molecule has 0 spiro atoms. The smallest absolute Gasteiger partial charge is 1.00 e. The Hall–Kier alpha value is -0.322. The van der Waals surface area contributed by atoms with Gasteiger partial charge in [-0.1, -0.05) is 0 Å². The Labute approximate surface area is 166 Å². The van der Waals surface area contributed by atoms with E-state index in [-0.39, 0.29) is 24.0 Å². The van der Waals surface area contributed by atoms with Gasteiger partial charge in [-0.15, -0.1) is 0 Å². The Kier molecular flexibility index (Phi) is 6.97. The van der Waals surface area contributed by atoms with Crippen molar-refractivity contribution in [3.8, 4) is 0 Å². The Bertz CT molecular complexity index is 588. The number of rotatable bonds is 4. The maximum Gasteiger partial charge on any atom is -1.00 e. The van der Waals surface area contributed by atoms with Gasteiger partial charge in [0.05, 0.1) is 0 Å². The zero-order valence-electron chi connectivity index (χ0n) is 12.1. The Morgan fingerprint density at radius 1 is 0.545 bits per heavy atom. The third-order valence-electron chi connectivity index (χ3n) is 3.77. The minimum atomic E-state index is -2.34. The molecule has 0 amide bonds. The molecular weight excluding hydrogens is 557 g/mol. The van der Waals surface area contributed by atoms with Crippen LogP contribution in [0.25, 0.3) is 0 Å². The summed E-state index contributed by atoms with van der Waals surface area (Å²) in [5, 5.41) is 0. The van der Waals surface area contributed by atoms with Gasteiger partial charge in [0.1, 0.15) is 0 Å². The molecule has 0 aliphatic heterocycles. The van der Waals surface area contributed by atoms with Gasteiger partial charge in [0.15, 0.2) is 0 Å². The van der Waals surface area contributed by atoms with Crippen molar-refractivity contribution in [3.63, 3.8) is 0 Å². The molecule has 0 N–H and O–H groups in total. The summed E-state index contributed by atoms with van der Waals surface area (Å²) in [6.07, 6.45) is 0. The topological polar surface area (TPSA) is 0 Å². The molecule has 3 heteroatoms. The molecule has 22 heavy (non-hydrogen) atoms. The van der Waals surface area contributed by atoms with Crippen LogP contribution >= 0.6 is 22.6 Å². The van der Waals surface area contributed by atoms with Gasteiger partial charge in [0.2, 0.25) is 0 Å². The second-order valence-electron chi connectivity index (χ2n) is 4.94. The molecule has 0 saturated carbocycles. The number of benzene rings is 3. The Morgan fingerprint density at radius 2 is 0.818 bits per heavy atom. The summed E-state index contributed by atoms with van der Waals surface area (Å²) < 4.78 is 5.72. The number of halogens is 2. The SMILES string of the molecule is IC[As+](c1ccccc1)(c1ccccc1)c1ccccc1.[I-]. The van der Waals surface area contributed by atoms with E-state index in [1.165, 1.54) is 16.3 Å². The summed E-state index contributed by atoms with van der Waals surface area (Å²) in [7, 11) is 0. The number of hydrogen-bond acceptors (Lipinski definition) is 0. The predicted molar refractivity (Wildman–Crippen MR) is 103 cm³/mol. The Morgan fingerprint density at radius 3 is 1.05 bits per heavy atom. The van der Waals surface area contributed by atoms with Crippen molar-refractivity contribution in [1.82, 2.24) is 0 Å². The summed E-state index contributed by atoms with van der Waals surface area (Å²) in [5.41, 5.74) is 0. The summed E-state index contributed by atoms with van der Waals surface area (Å²) >= 11 is 0.246. The minimum Gasteiger partial charge on any atom is -1.00 e. The second kappa shape index (κ2) is 8.51. The molecule has 3 aromatic carbocycles. The maximum absolute atomic E-state index is 2.59. The maximum atomic E-state index is 2.59. The predicted octanol–water partition coefficient (Wildman–Crippen LogP) is 0.135.